The van der Waals surface area contributed by atoms with E-state index in [0.29, 0.717) is 18.9 Å². The first-order chi connectivity index (χ1) is 9.44. The number of benzene rings is 1. The second-order valence-electron chi connectivity index (χ2n) is 5.64. The lowest BCUT2D eigenvalue weighted by Gasteiger charge is -2.16. The monoisotopic (exact) mass is 313 g/mol. The highest BCUT2D eigenvalue weighted by molar-refractivity contribution is 8.13. The summed E-state index contributed by atoms with van der Waals surface area (Å²) in [4.78, 5) is 13.9. The van der Waals surface area contributed by atoms with Crippen LogP contribution in [0, 0.1) is 5.92 Å². The van der Waals surface area contributed by atoms with Crippen molar-refractivity contribution in [1.82, 2.24) is 4.90 Å². The van der Waals surface area contributed by atoms with Crippen LogP contribution in [0.5, 0.6) is 0 Å². The summed E-state index contributed by atoms with van der Waals surface area (Å²) in [5, 5.41) is 0. The molecule has 0 radical (unpaired) electrons. The highest BCUT2D eigenvalue weighted by Gasteiger charge is 2.48. The van der Waals surface area contributed by atoms with Gasteiger partial charge in [0, 0.05) is 41.5 Å². The zero-order valence-electron chi connectivity index (χ0n) is 10.9. The van der Waals surface area contributed by atoms with Gasteiger partial charge < -0.3 is 4.90 Å². The van der Waals surface area contributed by atoms with Gasteiger partial charge in [-0.25, -0.2) is 8.42 Å². The third-order valence-electron chi connectivity index (χ3n) is 4.06. The lowest BCUT2D eigenvalue weighted by atomic mass is 10.1. The smallest absolute Gasteiger partial charge is 0.232 e. The molecule has 20 heavy (non-hydrogen) atoms. The van der Waals surface area contributed by atoms with Crippen molar-refractivity contribution in [2.75, 3.05) is 12.3 Å². The highest BCUT2D eigenvalue weighted by Crippen LogP contribution is 2.46. The van der Waals surface area contributed by atoms with E-state index in [4.69, 9.17) is 10.7 Å². The van der Waals surface area contributed by atoms with E-state index in [0.717, 1.165) is 6.42 Å². The number of nitrogens with zero attached hydrogens (tertiary/aromatic N) is 1. The van der Waals surface area contributed by atoms with Crippen molar-refractivity contribution in [1.29, 1.82) is 0 Å². The summed E-state index contributed by atoms with van der Waals surface area (Å²) < 4.78 is 22.2. The van der Waals surface area contributed by atoms with Crippen LogP contribution in [-0.4, -0.2) is 37.6 Å². The maximum absolute atomic E-state index is 12.0. The van der Waals surface area contributed by atoms with Gasteiger partial charge in [-0.3, -0.25) is 4.79 Å². The number of hydrogen-bond donors (Lipinski definition) is 0. The molecule has 1 aliphatic heterocycles. The van der Waals surface area contributed by atoms with Gasteiger partial charge in [-0.1, -0.05) is 30.3 Å². The van der Waals surface area contributed by atoms with Gasteiger partial charge >= 0.3 is 0 Å². The molecule has 0 N–H and O–H groups in total. The Hall–Kier alpha value is -1.07. The predicted molar refractivity (Wildman–Crippen MR) is 77.0 cm³/mol. The fraction of sp³-hybridized carbons (Fsp3) is 0.500. The standard InChI is InChI=1S/C14H16ClNO3S/c15-20(18,19)9-10-6-14(17)16(8-10)13-7-12(13)11-4-2-1-3-5-11/h1-5,10,12-13H,6-9H2. The molecular formula is C14H16ClNO3S. The maximum atomic E-state index is 12.0. The zero-order chi connectivity index (χ0) is 14.3. The Bertz CT molecular complexity index is 617. The Morgan fingerprint density at radius 1 is 1.25 bits per heavy atom. The van der Waals surface area contributed by atoms with Crippen molar-refractivity contribution >= 4 is 25.6 Å². The Labute approximate surface area is 123 Å². The van der Waals surface area contributed by atoms with Crippen molar-refractivity contribution in [3.05, 3.63) is 35.9 Å². The number of amides is 1. The number of carbonyl (C=O) groups excluding carboxylic acids is 1. The normalized spacial score (nSPS) is 29.8. The van der Waals surface area contributed by atoms with E-state index < -0.39 is 9.05 Å². The van der Waals surface area contributed by atoms with Gasteiger partial charge in [0.15, 0.2) is 0 Å². The third kappa shape index (κ3) is 2.99. The maximum Gasteiger partial charge on any atom is 0.232 e. The molecule has 1 aromatic carbocycles. The number of carbonyl (C=O) groups is 1. The number of hydrogen-bond acceptors (Lipinski definition) is 3. The zero-order valence-corrected chi connectivity index (χ0v) is 12.5. The molecule has 6 heteroatoms. The van der Waals surface area contributed by atoms with Crippen molar-refractivity contribution < 1.29 is 13.2 Å². The largest absolute Gasteiger partial charge is 0.339 e. The van der Waals surface area contributed by atoms with Crippen LogP contribution in [0.4, 0.5) is 0 Å². The Balaban J connectivity index is 1.64. The summed E-state index contributed by atoms with van der Waals surface area (Å²) in [5.74, 6) is 0.173. The number of likely N-dealkylation sites (tertiary alicyclic amines) is 1. The first-order valence-corrected chi connectivity index (χ1v) is 9.18. The molecule has 0 aromatic heterocycles. The van der Waals surface area contributed by atoms with Crippen LogP contribution in [0.25, 0.3) is 0 Å². The van der Waals surface area contributed by atoms with Gasteiger partial charge in [-0.15, -0.1) is 0 Å². The van der Waals surface area contributed by atoms with E-state index in [1.165, 1.54) is 5.56 Å². The molecule has 4 nitrogen and oxygen atoms in total. The van der Waals surface area contributed by atoms with Crippen LogP contribution >= 0.6 is 10.7 Å². The summed E-state index contributed by atoms with van der Waals surface area (Å²) in [6.07, 6.45) is 1.26. The number of halogens is 1. The van der Waals surface area contributed by atoms with E-state index in [9.17, 15) is 13.2 Å². The molecule has 2 aliphatic rings. The minimum Gasteiger partial charge on any atom is -0.339 e. The summed E-state index contributed by atoms with van der Waals surface area (Å²) in [6.45, 7) is 0.513. The molecule has 108 valence electrons. The average Bonchev–Trinajstić information content (AvgIpc) is 3.08. The minimum absolute atomic E-state index is 0.0544. The van der Waals surface area contributed by atoms with Crippen molar-refractivity contribution in [2.24, 2.45) is 5.92 Å². The minimum atomic E-state index is -3.53. The fourth-order valence-corrected chi connectivity index (χ4v) is 4.43. The van der Waals surface area contributed by atoms with Crippen LogP contribution in [0.2, 0.25) is 0 Å². The van der Waals surface area contributed by atoms with Crippen LogP contribution in [0.15, 0.2) is 30.3 Å². The lowest BCUT2D eigenvalue weighted by molar-refractivity contribution is -0.128. The van der Waals surface area contributed by atoms with E-state index in [1.54, 1.807) is 0 Å². The Kier molecular flexibility index (Phi) is 3.50. The van der Waals surface area contributed by atoms with Crippen molar-refractivity contribution in [3.63, 3.8) is 0 Å². The Morgan fingerprint density at radius 2 is 1.95 bits per heavy atom. The first-order valence-electron chi connectivity index (χ1n) is 6.71. The number of rotatable bonds is 4. The predicted octanol–water partition coefficient (Wildman–Crippen LogP) is 1.96. The average molecular weight is 314 g/mol. The van der Waals surface area contributed by atoms with Gasteiger partial charge in [-0.2, -0.15) is 0 Å². The quantitative estimate of drug-likeness (QED) is 0.799. The van der Waals surface area contributed by atoms with Gasteiger partial charge in [0.05, 0.1) is 5.75 Å². The van der Waals surface area contributed by atoms with E-state index >= 15 is 0 Å². The topological polar surface area (TPSA) is 54.5 Å². The summed E-state index contributed by atoms with van der Waals surface area (Å²) in [5.41, 5.74) is 1.25. The van der Waals surface area contributed by atoms with E-state index in [2.05, 4.69) is 12.1 Å². The molecule has 0 bridgehead atoms. The molecule has 2 fully saturated rings. The van der Waals surface area contributed by atoms with Crippen LogP contribution in [0.3, 0.4) is 0 Å². The summed E-state index contributed by atoms with van der Waals surface area (Å²) in [6, 6.07) is 10.4. The van der Waals surface area contributed by atoms with Crippen LogP contribution < -0.4 is 0 Å². The summed E-state index contributed by atoms with van der Waals surface area (Å²) >= 11 is 0. The second-order valence-corrected chi connectivity index (χ2v) is 8.46. The summed E-state index contributed by atoms with van der Waals surface area (Å²) in [7, 11) is 1.74. The van der Waals surface area contributed by atoms with Crippen LogP contribution in [-0.2, 0) is 13.8 Å². The lowest BCUT2D eigenvalue weighted by Crippen LogP contribution is -2.29. The third-order valence-corrected chi connectivity index (χ3v) is 5.31. The van der Waals surface area contributed by atoms with Crippen LogP contribution in [0.1, 0.15) is 24.3 Å². The molecule has 1 aliphatic carbocycles. The molecule has 1 saturated heterocycles. The highest BCUT2D eigenvalue weighted by atomic mass is 35.7. The SMILES string of the molecule is O=C1CC(CS(=O)(=O)Cl)CN1C1CC1c1ccccc1. The molecule has 3 rings (SSSR count). The molecule has 1 amide bonds. The molecule has 1 saturated carbocycles. The molecule has 3 unspecified atom stereocenters. The van der Waals surface area contributed by atoms with E-state index in [-0.39, 0.29) is 23.6 Å². The van der Waals surface area contributed by atoms with Gasteiger partial charge in [0.1, 0.15) is 0 Å². The molecule has 1 aromatic rings. The van der Waals surface area contributed by atoms with Crippen molar-refractivity contribution in [2.45, 2.75) is 24.8 Å². The molecule has 3 atom stereocenters. The molecular weight excluding hydrogens is 298 g/mol. The Morgan fingerprint density at radius 3 is 2.60 bits per heavy atom. The van der Waals surface area contributed by atoms with Crippen molar-refractivity contribution in [3.8, 4) is 0 Å². The fourth-order valence-electron chi connectivity index (χ4n) is 3.11. The first kappa shape index (κ1) is 13.9. The molecule has 0 spiro atoms. The van der Waals surface area contributed by atoms with E-state index in [1.807, 2.05) is 23.1 Å². The van der Waals surface area contributed by atoms with Gasteiger partial charge in [-0.05, 0) is 12.0 Å². The van der Waals surface area contributed by atoms with Gasteiger partial charge in [0.2, 0.25) is 15.0 Å². The van der Waals surface area contributed by atoms with Gasteiger partial charge in [0.25, 0.3) is 0 Å². The molecule has 1 heterocycles. The second kappa shape index (κ2) is 5.04.